The van der Waals surface area contributed by atoms with Crippen molar-refractivity contribution in [2.24, 2.45) is 11.8 Å². The van der Waals surface area contributed by atoms with Crippen molar-refractivity contribution in [1.29, 1.82) is 0 Å². The number of hydrogen-bond donors (Lipinski definition) is 1. The Morgan fingerprint density at radius 2 is 1.86 bits per heavy atom. The van der Waals surface area contributed by atoms with Crippen molar-refractivity contribution in [2.75, 3.05) is 42.9 Å². The summed E-state index contributed by atoms with van der Waals surface area (Å²) in [6, 6.07) is 10.4. The molecule has 1 unspecified atom stereocenters. The van der Waals surface area contributed by atoms with Crippen LogP contribution in [-0.4, -0.2) is 63.0 Å². The number of rotatable bonds is 11. The van der Waals surface area contributed by atoms with E-state index in [1.54, 1.807) is 0 Å². The van der Waals surface area contributed by atoms with Crippen LogP contribution in [0.25, 0.3) is 11.2 Å². The maximum absolute atomic E-state index is 12.5. The van der Waals surface area contributed by atoms with Crippen LogP contribution in [0.2, 0.25) is 0 Å². The largest absolute Gasteiger partial charge is 0.368 e. The zero-order chi connectivity index (χ0) is 24.9. The van der Waals surface area contributed by atoms with Crippen molar-refractivity contribution in [1.82, 2.24) is 24.4 Å². The second-order valence-corrected chi connectivity index (χ2v) is 10.3. The van der Waals surface area contributed by atoms with Crippen LogP contribution in [0.1, 0.15) is 57.9 Å². The van der Waals surface area contributed by atoms with Gasteiger partial charge in [0.2, 0.25) is 11.9 Å². The summed E-state index contributed by atoms with van der Waals surface area (Å²) in [5, 5.41) is 3.64. The Kier molecular flexibility index (Phi) is 7.68. The molecule has 0 spiro atoms. The van der Waals surface area contributed by atoms with Gasteiger partial charge in [-0.25, -0.2) is 4.98 Å². The fourth-order valence-electron chi connectivity index (χ4n) is 4.99. The van der Waals surface area contributed by atoms with Gasteiger partial charge in [-0.15, -0.1) is 0 Å². The van der Waals surface area contributed by atoms with Gasteiger partial charge in [-0.3, -0.25) is 4.79 Å². The Balaban J connectivity index is 1.39. The van der Waals surface area contributed by atoms with Crippen molar-refractivity contribution in [2.45, 2.75) is 58.9 Å². The highest BCUT2D eigenvalue weighted by molar-refractivity contribution is 5.84. The van der Waals surface area contributed by atoms with Gasteiger partial charge in [-0.05, 0) is 30.7 Å². The Morgan fingerprint density at radius 3 is 2.56 bits per heavy atom. The van der Waals surface area contributed by atoms with Gasteiger partial charge < -0.3 is 19.7 Å². The highest BCUT2D eigenvalue weighted by atomic mass is 16.2. The number of imidazole rings is 1. The predicted molar refractivity (Wildman–Crippen MR) is 144 cm³/mol. The molecule has 0 bridgehead atoms. The molecule has 1 aliphatic heterocycles. The summed E-state index contributed by atoms with van der Waals surface area (Å²) in [6.07, 6.45) is 8.82. The quantitative estimate of drug-likeness (QED) is 0.425. The summed E-state index contributed by atoms with van der Waals surface area (Å²) in [6.45, 7) is 9.09. The Morgan fingerprint density at radius 1 is 1.08 bits per heavy atom. The number of hydrogen-bond acceptors (Lipinski definition) is 6. The molecule has 3 aromatic rings. The second kappa shape index (κ2) is 11.3. The predicted octanol–water partition coefficient (Wildman–Crippen LogP) is 4.56. The van der Waals surface area contributed by atoms with E-state index >= 15 is 0 Å². The number of unbranched alkanes of at least 4 members (excludes halogenated alkanes) is 1. The van der Waals surface area contributed by atoms with Gasteiger partial charge in [0, 0.05) is 38.6 Å². The molecule has 1 amide bonds. The van der Waals surface area contributed by atoms with E-state index in [1.807, 2.05) is 17.3 Å². The second-order valence-electron chi connectivity index (χ2n) is 10.3. The number of aromatic nitrogens is 4. The molecule has 1 aliphatic carbocycles. The van der Waals surface area contributed by atoms with Gasteiger partial charge in [-0.1, -0.05) is 63.4 Å². The fraction of sp³-hybridized carbons (Fsp3) is 0.571. The third kappa shape index (κ3) is 5.63. The number of nitrogens with zero attached hydrogens (tertiary/aromatic N) is 6. The highest BCUT2D eigenvalue weighted by Crippen LogP contribution is 2.32. The average molecular weight is 490 g/mol. The molecule has 3 heterocycles. The van der Waals surface area contributed by atoms with Crippen molar-refractivity contribution < 1.29 is 4.79 Å². The summed E-state index contributed by atoms with van der Waals surface area (Å²) >= 11 is 0. The summed E-state index contributed by atoms with van der Waals surface area (Å²) < 4.78 is 2.11. The summed E-state index contributed by atoms with van der Waals surface area (Å²) in [5.41, 5.74) is 2.89. The topological polar surface area (TPSA) is 79.2 Å². The van der Waals surface area contributed by atoms with Crippen molar-refractivity contribution in [3.8, 4) is 0 Å². The van der Waals surface area contributed by atoms with Crippen LogP contribution in [0.15, 0.2) is 36.7 Å². The van der Waals surface area contributed by atoms with E-state index in [9.17, 15) is 4.79 Å². The van der Waals surface area contributed by atoms with Gasteiger partial charge in [0.15, 0.2) is 17.0 Å². The molecule has 2 aromatic heterocycles. The molecule has 0 radical (unpaired) electrons. The minimum atomic E-state index is 0.270. The van der Waals surface area contributed by atoms with Gasteiger partial charge in [0.1, 0.15) is 0 Å². The van der Waals surface area contributed by atoms with E-state index in [1.165, 1.54) is 24.8 Å². The minimum Gasteiger partial charge on any atom is -0.368 e. The molecule has 8 nitrogen and oxygen atoms in total. The first kappa shape index (κ1) is 24.5. The lowest BCUT2D eigenvalue weighted by Crippen LogP contribution is -2.49. The molecule has 1 aromatic carbocycles. The Bertz CT molecular complexity index is 1150. The zero-order valence-electron chi connectivity index (χ0n) is 21.7. The monoisotopic (exact) mass is 489 g/mol. The summed E-state index contributed by atoms with van der Waals surface area (Å²) in [4.78, 5) is 31.5. The molecule has 5 rings (SSSR count). The van der Waals surface area contributed by atoms with E-state index in [0.29, 0.717) is 18.4 Å². The summed E-state index contributed by atoms with van der Waals surface area (Å²) in [5.74, 6) is 2.74. The molecule has 2 aliphatic rings. The Hall–Kier alpha value is -3.16. The molecular weight excluding hydrogens is 450 g/mol. The van der Waals surface area contributed by atoms with Gasteiger partial charge in [0.25, 0.3) is 0 Å². The zero-order valence-corrected chi connectivity index (χ0v) is 21.7. The van der Waals surface area contributed by atoms with Crippen LogP contribution in [0.4, 0.5) is 11.8 Å². The maximum Gasteiger partial charge on any atom is 0.229 e. The lowest BCUT2D eigenvalue weighted by Gasteiger charge is -2.35. The molecule has 1 saturated carbocycles. The first-order valence-electron chi connectivity index (χ1n) is 13.7. The number of nitrogens with one attached hydrogen (secondary N) is 1. The van der Waals surface area contributed by atoms with Crippen LogP contribution in [-0.2, 0) is 11.3 Å². The number of benzene rings is 1. The molecule has 192 valence electrons. The number of fused-ring (bicyclic) bond motifs is 1. The van der Waals surface area contributed by atoms with Crippen LogP contribution in [0, 0.1) is 11.8 Å². The van der Waals surface area contributed by atoms with E-state index in [-0.39, 0.29) is 5.92 Å². The lowest BCUT2D eigenvalue weighted by molar-refractivity contribution is -0.132. The van der Waals surface area contributed by atoms with Crippen molar-refractivity contribution >= 4 is 28.8 Å². The number of carbonyl (C=O) groups is 1. The third-order valence-electron chi connectivity index (χ3n) is 7.55. The number of anilines is 2. The van der Waals surface area contributed by atoms with Gasteiger partial charge >= 0.3 is 0 Å². The lowest BCUT2D eigenvalue weighted by atomic mass is 9.99. The smallest absolute Gasteiger partial charge is 0.229 e. The first-order valence-corrected chi connectivity index (χ1v) is 13.7. The standard InChI is InChI=1S/C28H39N7O/c1-3-5-9-21(4-2)18-29-25-24-26(35(20-30-24)19-22-10-7-6-8-11-22)32-28(31-25)34-16-14-33(15-17-34)27(36)23-12-13-23/h6-8,10-11,20-21,23H,3-5,9,12-19H2,1-2H3,(H,29,31,32). The highest BCUT2D eigenvalue weighted by Gasteiger charge is 2.35. The van der Waals surface area contributed by atoms with Crippen molar-refractivity contribution in [3.05, 3.63) is 42.2 Å². The average Bonchev–Trinajstić information content (AvgIpc) is 3.70. The fourth-order valence-corrected chi connectivity index (χ4v) is 4.99. The number of piperazine rings is 1. The van der Waals surface area contributed by atoms with Gasteiger partial charge in [0.05, 0.1) is 12.9 Å². The van der Waals surface area contributed by atoms with E-state index in [2.05, 4.69) is 52.9 Å². The molecule has 1 saturated heterocycles. The van der Waals surface area contributed by atoms with Crippen LogP contribution in [0.5, 0.6) is 0 Å². The van der Waals surface area contributed by atoms with Crippen LogP contribution < -0.4 is 10.2 Å². The van der Waals surface area contributed by atoms with E-state index in [4.69, 9.17) is 15.0 Å². The molecule has 1 N–H and O–H groups in total. The van der Waals surface area contributed by atoms with Gasteiger partial charge in [-0.2, -0.15) is 9.97 Å². The number of carbonyl (C=O) groups excluding carboxylic acids is 1. The maximum atomic E-state index is 12.5. The van der Waals surface area contributed by atoms with E-state index in [0.717, 1.165) is 74.9 Å². The first-order chi connectivity index (χ1) is 17.7. The minimum absolute atomic E-state index is 0.270. The number of amides is 1. The third-order valence-corrected chi connectivity index (χ3v) is 7.55. The Labute approximate surface area is 214 Å². The molecule has 2 fully saturated rings. The molecular formula is C28H39N7O. The normalized spacial score (nSPS) is 16.9. The molecule has 36 heavy (non-hydrogen) atoms. The molecule has 1 atom stereocenters. The summed E-state index contributed by atoms with van der Waals surface area (Å²) in [7, 11) is 0. The van der Waals surface area contributed by atoms with Crippen molar-refractivity contribution in [3.63, 3.8) is 0 Å². The van der Waals surface area contributed by atoms with E-state index < -0.39 is 0 Å². The van der Waals surface area contributed by atoms with Crippen LogP contribution >= 0.6 is 0 Å². The van der Waals surface area contributed by atoms with Crippen LogP contribution in [0.3, 0.4) is 0 Å². The SMILES string of the molecule is CCCCC(CC)CNc1nc(N2CCN(C(=O)C3CC3)CC2)nc2c1ncn2Cc1ccccc1. The molecule has 8 heteroatoms.